The van der Waals surface area contributed by atoms with E-state index in [1.54, 1.807) is 6.20 Å². The highest BCUT2D eigenvalue weighted by Gasteiger charge is 2.35. The Balaban J connectivity index is 1.73. The lowest BCUT2D eigenvalue weighted by Gasteiger charge is -2.18. The molecule has 7 nitrogen and oxygen atoms in total. The highest BCUT2D eigenvalue weighted by Crippen LogP contribution is 2.14. The van der Waals surface area contributed by atoms with Crippen molar-refractivity contribution in [2.24, 2.45) is 0 Å². The van der Waals surface area contributed by atoms with Crippen molar-refractivity contribution in [2.45, 2.75) is 24.8 Å². The molecule has 2 rings (SSSR count). The summed E-state index contributed by atoms with van der Waals surface area (Å²) in [6.45, 7) is 1.24. The van der Waals surface area contributed by atoms with E-state index in [9.17, 15) is 9.90 Å². The number of hydrogen-bond donors (Lipinski definition) is 3. The molecule has 0 bridgehead atoms. The molecule has 1 fully saturated rings. The second-order valence-electron chi connectivity index (χ2n) is 4.91. The van der Waals surface area contributed by atoms with Crippen molar-refractivity contribution >= 4 is 5.91 Å². The number of ether oxygens (including phenoxy) is 2. The molecule has 3 atom stereocenters. The number of carbonyl (C=O) groups excluding carboxylic acids is 1. The van der Waals surface area contributed by atoms with Crippen LogP contribution in [0.1, 0.15) is 5.69 Å². The number of methoxy groups -OCH3 is 1. The van der Waals surface area contributed by atoms with Gasteiger partial charge >= 0.3 is 0 Å². The summed E-state index contributed by atoms with van der Waals surface area (Å²) < 4.78 is 10.2. The van der Waals surface area contributed by atoms with Gasteiger partial charge in [0, 0.05) is 26.4 Å². The standard InChI is InChI=1S/C14H21N3O4/c1-20-9-13(18)17-7-12-14(19)11(8-21-12)16-6-10-4-2-3-5-15-10/h2-5,11-12,14,16,19H,6-9H2,1H3,(H,17,18)/t11-,12-,14+/m1/s1. The zero-order valence-electron chi connectivity index (χ0n) is 12.0. The Hall–Kier alpha value is -1.54. The van der Waals surface area contributed by atoms with Crippen molar-refractivity contribution in [3.63, 3.8) is 0 Å². The van der Waals surface area contributed by atoms with Crippen LogP contribution in [0.25, 0.3) is 0 Å². The Morgan fingerprint density at radius 3 is 3.14 bits per heavy atom. The highest BCUT2D eigenvalue weighted by molar-refractivity contribution is 5.77. The van der Waals surface area contributed by atoms with Gasteiger partial charge in [0.15, 0.2) is 0 Å². The minimum atomic E-state index is -0.670. The zero-order valence-corrected chi connectivity index (χ0v) is 12.0. The maximum absolute atomic E-state index is 11.3. The van der Waals surface area contributed by atoms with E-state index in [0.717, 1.165) is 5.69 Å². The molecule has 1 aliphatic heterocycles. The molecule has 0 spiro atoms. The molecule has 116 valence electrons. The van der Waals surface area contributed by atoms with Gasteiger partial charge in [-0.1, -0.05) is 6.07 Å². The van der Waals surface area contributed by atoms with Gasteiger partial charge in [0.2, 0.25) is 5.91 Å². The topological polar surface area (TPSA) is 92.7 Å². The molecular formula is C14H21N3O4. The Kier molecular flexibility index (Phi) is 6.06. The first-order chi connectivity index (χ1) is 10.2. The summed E-state index contributed by atoms with van der Waals surface area (Å²) >= 11 is 0. The maximum Gasteiger partial charge on any atom is 0.246 e. The van der Waals surface area contributed by atoms with Crippen LogP contribution in [0, 0.1) is 0 Å². The molecule has 3 N–H and O–H groups in total. The minimum Gasteiger partial charge on any atom is -0.389 e. The number of hydrogen-bond acceptors (Lipinski definition) is 6. The van der Waals surface area contributed by atoms with Crippen LogP contribution in [0.2, 0.25) is 0 Å². The number of pyridine rings is 1. The molecule has 1 amide bonds. The van der Waals surface area contributed by atoms with Crippen LogP contribution in [0.3, 0.4) is 0 Å². The minimum absolute atomic E-state index is 0.00414. The molecule has 0 radical (unpaired) electrons. The van der Waals surface area contributed by atoms with Crippen LogP contribution in [0.5, 0.6) is 0 Å². The summed E-state index contributed by atoms with van der Waals surface area (Å²) in [6.07, 6.45) is 0.649. The second-order valence-corrected chi connectivity index (χ2v) is 4.91. The van der Waals surface area contributed by atoms with Crippen LogP contribution < -0.4 is 10.6 Å². The molecule has 0 aromatic carbocycles. The highest BCUT2D eigenvalue weighted by atomic mass is 16.5. The van der Waals surface area contributed by atoms with E-state index in [4.69, 9.17) is 9.47 Å². The van der Waals surface area contributed by atoms with Crippen molar-refractivity contribution in [2.75, 3.05) is 26.9 Å². The predicted molar refractivity (Wildman–Crippen MR) is 75.5 cm³/mol. The predicted octanol–water partition coefficient (Wildman–Crippen LogP) is -0.938. The quantitative estimate of drug-likeness (QED) is 0.601. The number of amides is 1. The summed E-state index contributed by atoms with van der Waals surface area (Å²) in [5.74, 6) is -0.224. The molecular weight excluding hydrogens is 274 g/mol. The van der Waals surface area contributed by atoms with Crippen LogP contribution >= 0.6 is 0 Å². The first-order valence-electron chi connectivity index (χ1n) is 6.89. The maximum atomic E-state index is 11.3. The molecule has 0 aliphatic carbocycles. The average Bonchev–Trinajstić information content (AvgIpc) is 2.85. The van der Waals surface area contributed by atoms with E-state index in [-0.39, 0.29) is 25.1 Å². The summed E-state index contributed by atoms with van der Waals surface area (Å²) in [7, 11) is 1.46. The molecule has 0 saturated carbocycles. The molecule has 1 aromatic heterocycles. The first kappa shape index (κ1) is 15.8. The van der Waals surface area contributed by atoms with E-state index in [2.05, 4.69) is 15.6 Å². The third-order valence-electron chi connectivity index (χ3n) is 3.33. The normalized spacial score (nSPS) is 25.0. The third kappa shape index (κ3) is 4.75. The Bertz CT molecular complexity index is 443. The lowest BCUT2D eigenvalue weighted by atomic mass is 10.1. The molecule has 21 heavy (non-hydrogen) atoms. The van der Waals surface area contributed by atoms with E-state index < -0.39 is 12.2 Å². The average molecular weight is 295 g/mol. The summed E-state index contributed by atoms with van der Waals surface area (Å²) in [5, 5.41) is 16.1. The smallest absolute Gasteiger partial charge is 0.246 e. The van der Waals surface area contributed by atoms with Crippen molar-refractivity contribution < 1.29 is 19.4 Å². The number of aliphatic hydroxyl groups excluding tert-OH is 1. The van der Waals surface area contributed by atoms with Gasteiger partial charge in [-0.25, -0.2) is 0 Å². The summed E-state index contributed by atoms with van der Waals surface area (Å²) in [4.78, 5) is 15.5. The fraction of sp³-hybridized carbons (Fsp3) is 0.571. The van der Waals surface area contributed by atoms with Gasteiger partial charge in [-0.15, -0.1) is 0 Å². The first-order valence-corrected chi connectivity index (χ1v) is 6.89. The Morgan fingerprint density at radius 2 is 2.43 bits per heavy atom. The molecule has 1 aromatic rings. The van der Waals surface area contributed by atoms with Crippen molar-refractivity contribution in [3.8, 4) is 0 Å². The molecule has 2 heterocycles. The second kappa shape index (κ2) is 8.04. The van der Waals surface area contributed by atoms with Gasteiger partial charge in [-0.3, -0.25) is 9.78 Å². The fourth-order valence-electron chi connectivity index (χ4n) is 2.18. The van der Waals surface area contributed by atoms with Crippen LogP contribution in [0.4, 0.5) is 0 Å². The third-order valence-corrected chi connectivity index (χ3v) is 3.33. The van der Waals surface area contributed by atoms with E-state index >= 15 is 0 Å². The Morgan fingerprint density at radius 1 is 1.57 bits per heavy atom. The van der Waals surface area contributed by atoms with Gasteiger partial charge in [0.25, 0.3) is 0 Å². The number of nitrogens with zero attached hydrogens (tertiary/aromatic N) is 1. The van der Waals surface area contributed by atoms with Crippen LogP contribution in [-0.4, -0.2) is 61.1 Å². The summed E-state index contributed by atoms with van der Waals surface area (Å²) in [6, 6.07) is 5.52. The number of aliphatic hydroxyl groups is 1. The van der Waals surface area contributed by atoms with Crippen LogP contribution in [0.15, 0.2) is 24.4 Å². The van der Waals surface area contributed by atoms with Crippen LogP contribution in [-0.2, 0) is 20.8 Å². The van der Waals surface area contributed by atoms with E-state index in [1.807, 2.05) is 18.2 Å². The van der Waals surface area contributed by atoms with Gasteiger partial charge in [-0.05, 0) is 12.1 Å². The van der Waals surface area contributed by atoms with E-state index in [1.165, 1.54) is 7.11 Å². The lowest BCUT2D eigenvalue weighted by Crippen LogP contribution is -2.45. The molecule has 0 unspecified atom stereocenters. The number of nitrogens with one attached hydrogen (secondary N) is 2. The molecule has 7 heteroatoms. The summed E-state index contributed by atoms with van der Waals surface area (Å²) in [5.41, 5.74) is 0.904. The van der Waals surface area contributed by atoms with Gasteiger partial charge in [-0.2, -0.15) is 0 Å². The van der Waals surface area contributed by atoms with E-state index in [0.29, 0.717) is 13.2 Å². The van der Waals surface area contributed by atoms with Crippen molar-refractivity contribution in [3.05, 3.63) is 30.1 Å². The Labute approximate surface area is 123 Å². The monoisotopic (exact) mass is 295 g/mol. The SMILES string of the molecule is COCC(=O)NC[C@H]1OC[C@@H](NCc2ccccn2)[C@@H]1O. The number of rotatable bonds is 7. The molecule has 1 saturated heterocycles. The van der Waals surface area contributed by atoms with Crippen molar-refractivity contribution in [1.29, 1.82) is 0 Å². The van der Waals surface area contributed by atoms with Crippen molar-refractivity contribution in [1.82, 2.24) is 15.6 Å². The van der Waals surface area contributed by atoms with Gasteiger partial charge < -0.3 is 25.2 Å². The van der Waals surface area contributed by atoms with Gasteiger partial charge in [0.05, 0.1) is 24.4 Å². The number of aromatic nitrogens is 1. The zero-order chi connectivity index (χ0) is 15.1. The number of carbonyl (C=O) groups is 1. The lowest BCUT2D eigenvalue weighted by molar-refractivity contribution is -0.125. The fourth-order valence-corrected chi connectivity index (χ4v) is 2.18. The molecule has 1 aliphatic rings. The van der Waals surface area contributed by atoms with Gasteiger partial charge in [0.1, 0.15) is 12.7 Å². The largest absolute Gasteiger partial charge is 0.389 e.